The molecule has 1 aliphatic heterocycles. The summed E-state index contributed by atoms with van der Waals surface area (Å²) in [7, 11) is 2.86. The van der Waals surface area contributed by atoms with Crippen LogP contribution in [0.5, 0.6) is 12.0 Å². The Balaban J connectivity index is 1.74. The molecule has 4 rings (SSSR count). The number of rotatable bonds is 5. The minimum Gasteiger partial charge on any atom is -0.467 e. The highest BCUT2D eigenvalue weighted by Gasteiger charge is 2.27. The molecule has 0 radical (unpaired) electrons. The van der Waals surface area contributed by atoms with Crippen LogP contribution >= 0.6 is 0 Å². The van der Waals surface area contributed by atoms with Gasteiger partial charge in [-0.25, -0.2) is 0 Å². The molecule has 0 atom stereocenters. The number of nitrogens with zero attached hydrogens (tertiary/aromatic N) is 5. The van der Waals surface area contributed by atoms with Crippen LogP contribution in [0.25, 0.3) is 22.4 Å². The minimum absolute atomic E-state index is 0.0717. The molecule has 0 aromatic carbocycles. The van der Waals surface area contributed by atoms with Crippen LogP contribution in [0.15, 0.2) is 18.5 Å². The molecule has 1 amide bonds. The number of pyridine rings is 1. The molecule has 0 unspecified atom stereocenters. The molecule has 1 saturated heterocycles. The molecular weight excluding hydrogens is 378 g/mol. The highest BCUT2D eigenvalue weighted by Crippen LogP contribution is 2.28. The second-order valence-corrected chi connectivity index (χ2v) is 6.29. The number of aromatic nitrogens is 5. The van der Waals surface area contributed by atoms with Gasteiger partial charge in [0.25, 0.3) is 11.7 Å². The lowest BCUT2D eigenvalue weighted by atomic mass is 10.1. The minimum atomic E-state index is -0.568. The van der Waals surface area contributed by atoms with E-state index >= 15 is 0 Å². The number of ketones is 1. The fraction of sp³-hybridized carbons (Fsp3) is 0.333. The van der Waals surface area contributed by atoms with Gasteiger partial charge in [-0.2, -0.15) is 9.97 Å². The number of H-pyrrole nitrogens is 1. The lowest BCUT2D eigenvalue weighted by Gasteiger charge is -2.26. The fourth-order valence-corrected chi connectivity index (χ4v) is 3.17. The number of carbonyl (C=O) groups is 2. The molecule has 29 heavy (non-hydrogen) atoms. The molecule has 3 aromatic heterocycles. The Kier molecular flexibility index (Phi) is 5.04. The number of piperazine rings is 1. The van der Waals surface area contributed by atoms with E-state index in [0.29, 0.717) is 42.8 Å². The summed E-state index contributed by atoms with van der Waals surface area (Å²) in [6.45, 7) is 2.35. The molecule has 11 nitrogen and oxygen atoms in total. The summed E-state index contributed by atoms with van der Waals surface area (Å²) in [5.41, 5.74) is 1.19. The predicted molar refractivity (Wildman–Crippen MR) is 102 cm³/mol. The predicted octanol–water partition coefficient (Wildman–Crippen LogP) is 0.0466. The van der Waals surface area contributed by atoms with Crippen LogP contribution in [0, 0.1) is 0 Å². The number of ether oxygens (including phenoxy) is 2. The second-order valence-electron chi connectivity index (χ2n) is 6.29. The number of nitrogens with one attached hydrogen (secondary N) is 2. The Morgan fingerprint density at radius 3 is 2.41 bits per heavy atom. The molecule has 2 N–H and O–H groups in total. The van der Waals surface area contributed by atoms with E-state index in [1.807, 2.05) is 0 Å². The van der Waals surface area contributed by atoms with E-state index in [1.165, 1.54) is 26.6 Å². The normalized spacial score (nSPS) is 14.1. The van der Waals surface area contributed by atoms with E-state index in [4.69, 9.17) is 9.47 Å². The van der Waals surface area contributed by atoms with Gasteiger partial charge in [0.15, 0.2) is 5.82 Å². The van der Waals surface area contributed by atoms with Gasteiger partial charge in [0, 0.05) is 44.0 Å². The largest absolute Gasteiger partial charge is 0.467 e. The third-order valence-corrected chi connectivity index (χ3v) is 4.62. The average molecular weight is 397 g/mol. The van der Waals surface area contributed by atoms with Crippen LogP contribution in [0.1, 0.15) is 10.4 Å². The zero-order valence-electron chi connectivity index (χ0n) is 15.9. The summed E-state index contributed by atoms with van der Waals surface area (Å²) in [4.78, 5) is 46.7. The Morgan fingerprint density at radius 2 is 1.76 bits per heavy atom. The number of fused-ring (bicyclic) bond motifs is 1. The first-order chi connectivity index (χ1) is 14.1. The van der Waals surface area contributed by atoms with Gasteiger partial charge in [0.1, 0.15) is 5.69 Å². The number of hydrogen-bond acceptors (Lipinski definition) is 9. The van der Waals surface area contributed by atoms with Crippen molar-refractivity contribution in [2.75, 3.05) is 40.4 Å². The summed E-state index contributed by atoms with van der Waals surface area (Å²) in [6.07, 6.45) is 3.04. The van der Waals surface area contributed by atoms with Crippen molar-refractivity contribution in [1.82, 2.24) is 35.1 Å². The molecule has 4 heterocycles. The maximum absolute atomic E-state index is 12.8. The molecule has 1 fully saturated rings. The van der Waals surface area contributed by atoms with E-state index in [-0.39, 0.29) is 23.4 Å². The van der Waals surface area contributed by atoms with E-state index in [0.717, 1.165) is 0 Å². The Bertz CT molecular complexity index is 1050. The quantitative estimate of drug-likeness (QED) is 0.452. The highest BCUT2D eigenvalue weighted by molar-refractivity contribution is 6.45. The molecular formula is C18H19N7O4. The molecule has 150 valence electrons. The summed E-state index contributed by atoms with van der Waals surface area (Å²) in [5, 5.41) is 3.72. The SMILES string of the molecule is COc1nc(OC)nc(-c2nccc3c(C(=O)C(=O)N4CCNCC4)c[nH]c23)n1. The molecule has 0 saturated carbocycles. The smallest absolute Gasteiger partial charge is 0.322 e. The van der Waals surface area contributed by atoms with Crippen molar-refractivity contribution in [2.45, 2.75) is 0 Å². The zero-order chi connectivity index (χ0) is 20.4. The molecule has 0 bridgehead atoms. The number of hydrogen-bond donors (Lipinski definition) is 2. The highest BCUT2D eigenvalue weighted by atomic mass is 16.5. The van der Waals surface area contributed by atoms with Crippen molar-refractivity contribution >= 4 is 22.6 Å². The van der Waals surface area contributed by atoms with Crippen molar-refractivity contribution in [1.29, 1.82) is 0 Å². The van der Waals surface area contributed by atoms with Crippen molar-refractivity contribution in [2.24, 2.45) is 0 Å². The maximum atomic E-state index is 12.8. The van der Waals surface area contributed by atoms with Crippen LogP contribution in [-0.4, -0.2) is 81.9 Å². The number of Topliss-reactive ketones (excluding diaryl/α,β-unsaturated/α-hetero) is 1. The third kappa shape index (κ3) is 3.47. The molecule has 3 aromatic rings. The van der Waals surface area contributed by atoms with E-state index in [9.17, 15) is 9.59 Å². The summed E-state index contributed by atoms with van der Waals surface area (Å²) in [5.74, 6) is -0.871. The lowest BCUT2D eigenvalue weighted by Crippen LogP contribution is -2.48. The first-order valence-corrected chi connectivity index (χ1v) is 8.97. The van der Waals surface area contributed by atoms with Gasteiger partial charge < -0.3 is 24.7 Å². The van der Waals surface area contributed by atoms with Crippen LogP contribution < -0.4 is 14.8 Å². The Morgan fingerprint density at radius 1 is 1.07 bits per heavy atom. The van der Waals surface area contributed by atoms with Crippen molar-refractivity contribution in [3.8, 4) is 23.5 Å². The van der Waals surface area contributed by atoms with Gasteiger partial charge in [-0.3, -0.25) is 14.6 Å². The summed E-state index contributed by atoms with van der Waals surface area (Å²) < 4.78 is 10.2. The standard InChI is InChI=1S/C18H19N7O4/c1-28-17-22-15(23-18(24-17)29-2)13-12-10(3-4-20-13)11(9-21-12)14(26)16(27)25-7-5-19-6-8-25/h3-4,9,19,21H,5-8H2,1-2H3. The third-order valence-electron chi connectivity index (χ3n) is 4.62. The lowest BCUT2D eigenvalue weighted by molar-refractivity contribution is -0.126. The van der Waals surface area contributed by atoms with Crippen molar-refractivity contribution in [3.05, 3.63) is 24.0 Å². The van der Waals surface area contributed by atoms with Gasteiger partial charge in [0.2, 0.25) is 0 Å². The van der Waals surface area contributed by atoms with Gasteiger partial charge in [-0.15, -0.1) is 4.98 Å². The monoisotopic (exact) mass is 397 g/mol. The first kappa shape index (κ1) is 18.7. The van der Waals surface area contributed by atoms with Crippen LogP contribution in [-0.2, 0) is 4.79 Å². The van der Waals surface area contributed by atoms with Crippen LogP contribution in [0.4, 0.5) is 0 Å². The Hall–Kier alpha value is -3.60. The summed E-state index contributed by atoms with van der Waals surface area (Å²) in [6, 6.07) is 1.81. The van der Waals surface area contributed by atoms with Gasteiger partial charge in [-0.1, -0.05) is 0 Å². The van der Waals surface area contributed by atoms with E-state index < -0.39 is 11.7 Å². The second kappa shape index (κ2) is 7.80. The van der Waals surface area contributed by atoms with Crippen molar-refractivity contribution in [3.63, 3.8) is 0 Å². The number of amides is 1. The summed E-state index contributed by atoms with van der Waals surface area (Å²) >= 11 is 0. The number of aromatic amines is 1. The fourth-order valence-electron chi connectivity index (χ4n) is 3.17. The average Bonchev–Trinajstić information content (AvgIpc) is 3.22. The van der Waals surface area contributed by atoms with Gasteiger partial charge >= 0.3 is 12.0 Å². The van der Waals surface area contributed by atoms with E-state index in [1.54, 1.807) is 11.0 Å². The Labute approximate surface area is 165 Å². The molecule has 11 heteroatoms. The van der Waals surface area contributed by atoms with Crippen LogP contribution in [0.2, 0.25) is 0 Å². The van der Waals surface area contributed by atoms with E-state index in [2.05, 4.69) is 30.2 Å². The number of methoxy groups -OCH3 is 2. The molecule has 1 aliphatic rings. The topological polar surface area (TPSA) is 135 Å². The van der Waals surface area contributed by atoms with Gasteiger partial charge in [0.05, 0.1) is 25.3 Å². The van der Waals surface area contributed by atoms with Crippen LogP contribution in [0.3, 0.4) is 0 Å². The molecule has 0 spiro atoms. The molecule has 0 aliphatic carbocycles. The first-order valence-electron chi connectivity index (χ1n) is 8.97. The van der Waals surface area contributed by atoms with Crippen molar-refractivity contribution < 1.29 is 19.1 Å². The maximum Gasteiger partial charge on any atom is 0.322 e. The zero-order valence-corrected chi connectivity index (χ0v) is 15.9. The van der Waals surface area contributed by atoms with Gasteiger partial charge in [-0.05, 0) is 6.07 Å². The number of carbonyl (C=O) groups excluding carboxylic acids is 2.